The summed E-state index contributed by atoms with van der Waals surface area (Å²) >= 11 is 0. The van der Waals surface area contributed by atoms with Crippen molar-refractivity contribution in [3.63, 3.8) is 0 Å². The molecule has 3 saturated carbocycles. The highest BCUT2D eigenvalue weighted by atomic mass is 16.7. The molecular weight excluding hydrogens is 909 g/mol. The van der Waals surface area contributed by atoms with Crippen molar-refractivity contribution >= 4 is 41.1 Å². The first-order chi connectivity index (χ1) is 33.4. The van der Waals surface area contributed by atoms with E-state index in [2.05, 4.69) is 35.1 Å². The molecule has 70 heavy (non-hydrogen) atoms. The lowest BCUT2D eigenvalue weighted by Crippen LogP contribution is -2.63. The Labute approximate surface area is 410 Å². The van der Waals surface area contributed by atoms with Gasteiger partial charge in [-0.15, -0.1) is 0 Å². The smallest absolute Gasteiger partial charge is 0.404 e. The Morgan fingerprint density at radius 2 is 1.54 bits per heavy atom. The predicted octanol–water partition coefficient (Wildman–Crippen LogP) is 4.11. The molecule has 19 nitrogen and oxygen atoms in total. The first-order valence-electron chi connectivity index (χ1n) is 24.8. The lowest BCUT2D eigenvalue weighted by Gasteiger charge is -2.59. The van der Waals surface area contributed by atoms with E-state index in [0.29, 0.717) is 63.7 Å². The molecule has 5 aliphatic rings. The normalized spacial score (nSPS) is 29.4. The number of carbonyl (C=O) groups is 6. The standard InChI is InChI=1S/C51H74N4O15/c1-7-8-43-69-41-28-38-37-14-9-33-27-35(56)15-17-49(33,5)44(37)39(57)29-50(38,6)51(41,70-43)40(58)30-68-36-12-10-34(11-13-36)54-46(60)32(4)53-47(61)45(31(2)3)55-42(59)16-19-64-21-23-66-25-26-67-24-22-65-20-18-52-48(62)63/h10-13,15,17,27,31-32,37-39,41,43-45,52,57H,7-9,14,16,18-26,28-30H2,1-6H3,(H,53,61)(H,54,60)(H,55,59)(H,62,63)/t32-,37-,38-,39?,41+,43?,44+,45-,49-,50-,51+/m0/s1. The third-order valence-electron chi connectivity index (χ3n) is 14.8. The topological polar surface area (TPSA) is 256 Å². The van der Waals surface area contributed by atoms with Crippen LogP contribution in [0.3, 0.4) is 0 Å². The van der Waals surface area contributed by atoms with Crippen LogP contribution >= 0.6 is 0 Å². The lowest BCUT2D eigenvalue weighted by atomic mass is 9.46. The Morgan fingerprint density at radius 1 is 0.886 bits per heavy atom. The molecule has 6 rings (SSSR count). The fourth-order valence-electron chi connectivity index (χ4n) is 11.5. The van der Waals surface area contributed by atoms with Gasteiger partial charge in [-0.3, -0.25) is 24.0 Å². The highest BCUT2D eigenvalue weighted by Crippen LogP contribution is 2.69. The number of hydrogen-bond acceptors (Lipinski definition) is 14. The van der Waals surface area contributed by atoms with Crippen LogP contribution in [0.15, 0.2) is 48.1 Å². The summed E-state index contributed by atoms with van der Waals surface area (Å²) in [5, 5.41) is 31.0. The number of rotatable bonds is 27. The number of fused-ring (bicyclic) bond motifs is 7. The highest BCUT2D eigenvalue weighted by molar-refractivity contribution is 6.01. The van der Waals surface area contributed by atoms with Crippen molar-refractivity contribution in [2.75, 3.05) is 71.3 Å². The van der Waals surface area contributed by atoms with E-state index in [4.69, 9.17) is 38.3 Å². The summed E-state index contributed by atoms with van der Waals surface area (Å²) < 4.78 is 41.0. The minimum absolute atomic E-state index is 0.0153. The molecule has 4 aliphatic carbocycles. The summed E-state index contributed by atoms with van der Waals surface area (Å²) in [6.45, 7) is 13.6. The zero-order chi connectivity index (χ0) is 50.6. The van der Waals surface area contributed by atoms with Gasteiger partial charge < -0.3 is 64.6 Å². The first kappa shape index (κ1) is 54.6. The molecule has 4 fully saturated rings. The SMILES string of the molecule is CCCC1O[C@@H]2C[C@H]3[C@@H]4CCC5=CC(=O)C=C[C@]5(C)[C@H]4C(O)C[C@]3(C)[C@]2(C(=O)COc2ccc(NC(=O)[C@H](C)NC(=O)[C@@H](NC(=O)CCOCCOCCOCCOCCNC(=O)O)C(C)C)cc2)O1. The molecule has 4 amide bonds. The number of nitrogens with one attached hydrogen (secondary N) is 4. The van der Waals surface area contributed by atoms with Gasteiger partial charge in [-0.25, -0.2) is 4.79 Å². The van der Waals surface area contributed by atoms with Gasteiger partial charge in [0.2, 0.25) is 23.5 Å². The molecule has 6 N–H and O–H groups in total. The van der Waals surface area contributed by atoms with E-state index in [1.54, 1.807) is 57.2 Å². The van der Waals surface area contributed by atoms with Gasteiger partial charge in [0.1, 0.15) is 24.4 Å². The van der Waals surface area contributed by atoms with Gasteiger partial charge in [-0.2, -0.15) is 0 Å². The maximum absolute atomic E-state index is 14.7. The molecule has 1 aliphatic heterocycles. The number of amides is 4. The third-order valence-corrected chi connectivity index (χ3v) is 14.8. The average molecular weight is 983 g/mol. The van der Waals surface area contributed by atoms with Crippen molar-refractivity contribution in [3.8, 4) is 5.75 Å². The Bertz CT molecular complexity index is 2060. The van der Waals surface area contributed by atoms with Gasteiger partial charge >= 0.3 is 6.09 Å². The number of Topliss-reactive ketones (excluding diaryl/α,β-unsaturated/α-hetero) is 1. The van der Waals surface area contributed by atoms with Gasteiger partial charge in [-0.05, 0) is 93.2 Å². The van der Waals surface area contributed by atoms with E-state index in [-0.39, 0.29) is 80.5 Å². The highest BCUT2D eigenvalue weighted by Gasteiger charge is 2.76. The van der Waals surface area contributed by atoms with Crippen molar-refractivity contribution in [1.82, 2.24) is 16.0 Å². The van der Waals surface area contributed by atoms with Gasteiger partial charge in [0.15, 0.2) is 17.7 Å². The number of ether oxygens (including phenoxy) is 7. The van der Waals surface area contributed by atoms with Crippen LogP contribution in [0.4, 0.5) is 10.5 Å². The Morgan fingerprint density at radius 3 is 2.19 bits per heavy atom. The fraction of sp³-hybridized carbons (Fsp3) is 0.686. The molecule has 2 unspecified atom stereocenters. The van der Waals surface area contributed by atoms with Crippen molar-refractivity contribution in [3.05, 3.63) is 48.1 Å². The molecule has 0 radical (unpaired) electrons. The maximum atomic E-state index is 14.7. The number of hydrogen-bond donors (Lipinski definition) is 6. The van der Waals surface area contributed by atoms with E-state index < -0.39 is 64.9 Å². The summed E-state index contributed by atoms with van der Waals surface area (Å²) in [4.78, 5) is 76.6. The van der Waals surface area contributed by atoms with Gasteiger partial charge in [-0.1, -0.05) is 52.7 Å². The molecule has 388 valence electrons. The Kier molecular flexibility index (Phi) is 19.2. The van der Waals surface area contributed by atoms with E-state index in [0.717, 1.165) is 24.8 Å². The number of benzene rings is 1. The number of anilines is 1. The second-order valence-electron chi connectivity index (χ2n) is 19.8. The third kappa shape index (κ3) is 12.6. The van der Waals surface area contributed by atoms with Crippen molar-refractivity contribution < 1.29 is 72.1 Å². The number of carboxylic acid groups (broad SMARTS) is 1. The molecule has 0 aromatic heterocycles. The molecule has 11 atom stereocenters. The summed E-state index contributed by atoms with van der Waals surface area (Å²) in [7, 11) is 0. The van der Waals surface area contributed by atoms with Crippen LogP contribution in [0.1, 0.15) is 86.5 Å². The second kappa shape index (κ2) is 24.6. The summed E-state index contributed by atoms with van der Waals surface area (Å²) in [5.74, 6) is -1.50. The number of ketones is 2. The molecule has 0 bridgehead atoms. The van der Waals surface area contributed by atoms with E-state index in [1.807, 2.05) is 13.0 Å². The maximum Gasteiger partial charge on any atom is 0.404 e. The number of carbonyl (C=O) groups excluding carboxylic acids is 5. The van der Waals surface area contributed by atoms with Crippen LogP contribution in [0.2, 0.25) is 0 Å². The average Bonchev–Trinajstić information content (AvgIpc) is 3.80. The summed E-state index contributed by atoms with van der Waals surface area (Å²) in [5.41, 5.74) is -1.00. The zero-order valence-electron chi connectivity index (χ0n) is 41.5. The molecule has 1 aromatic carbocycles. The van der Waals surface area contributed by atoms with E-state index >= 15 is 0 Å². The van der Waals surface area contributed by atoms with Crippen LogP contribution in [0.5, 0.6) is 5.75 Å². The number of aliphatic hydroxyl groups is 1. The van der Waals surface area contributed by atoms with E-state index in [9.17, 15) is 33.9 Å². The molecular formula is C51H74N4O15. The van der Waals surface area contributed by atoms with Crippen molar-refractivity contribution in [1.29, 1.82) is 0 Å². The van der Waals surface area contributed by atoms with Crippen LogP contribution in [0.25, 0.3) is 0 Å². The molecule has 19 heteroatoms. The number of allylic oxidation sites excluding steroid dienone is 4. The van der Waals surface area contributed by atoms with Crippen LogP contribution in [-0.4, -0.2) is 148 Å². The van der Waals surface area contributed by atoms with Crippen LogP contribution < -0.4 is 26.0 Å². The fourth-order valence-corrected chi connectivity index (χ4v) is 11.5. The second-order valence-corrected chi connectivity index (χ2v) is 19.8. The van der Waals surface area contributed by atoms with Crippen LogP contribution in [-0.2, 0) is 52.4 Å². The van der Waals surface area contributed by atoms with Crippen molar-refractivity contribution in [2.24, 2.45) is 34.5 Å². The lowest BCUT2D eigenvalue weighted by molar-refractivity contribution is -0.200. The Hall–Kier alpha value is -4.76. The van der Waals surface area contributed by atoms with Gasteiger partial charge in [0, 0.05) is 35.4 Å². The minimum atomic E-state index is -1.32. The predicted molar refractivity (Wildman–Crippen MR) is 255 cm³/mol. The van der Waals surface area contributed by atoms with E-state index in [1.165, 1.54) is 0 Å². The monoisotopic (exact) mass is 983 g/mol. The van der Waals surface area contributed by atoms with Gasteiger partial charge in [0.05, 0.1) is 65.1 Å². The zero-order valence-corrected chi connectivity index (χ0v) is 41.5. The molecule has 1 saturated heterocycles. The summed E-state index contributed by atoms with van der Waals surface area (Å²) in [6.07, 6.45) is 6.42. The summed E-state index contributed by atoms with van der Waals surface area (Å²) in [6, 6.07) is 4.71. The Balaban J connectivity index is 0.928. The van der Waals surface area contributed by atoms with Crippen LogP contribution in [0, 0.1) is 34.5 Å². The van der Waals surface area contributed by atoms with Gasteiger partial charge in [0.25, 0.3) is 0 Å². The molecule has 1 aromatic rings. The number of aliphatic hydroxyl groups excluding tert-OH is 1. The van der Waals surface area contributed by atoms with Crippen molar-refractivity contribution in [2.45, 2.75) is 123 Å². The minimum Gasteiger partial charge on any atom is -0.486 e. The molecule has 1 heterocycles. The first-order valence-corrected chi connectivity index (χ1v) is 24.8. The largest absolute Gasteiger partial charge is 0.486 e. The quantitative estimate of drug-likeness (QED) is 0.0679. The molecule has 0 spiro atoms.